The zero-order valence-electron chi connectivity index (χ0n) is 10.8. The van der Waals surface area contributed by atoms with Crippen molar-refractivity contribution in [2.24, 2.45) is 0 Å². The fourth-order valence-corrected chi connectivity index (χ4v) is 2.71. The number of rotatable bonds is 2. The predicted molar refractivity (Wildman–Crippen MR) is 80.2 cm³/mol. The third-order valence-electron chi connectivity index (χ3n) is 2.84. The van der Waals surface area contributed by atoms with Crippen LogP contribution in [0.1, 0.15) is 13.8 Å². The third-order valence-corrected chi connectivity index (χ3v) is 3.72. The Balaban J connectivity index is 2.27. The Kier molecular flexibility index (Phi) is 2.98. The van der Waals surface area contributed by atoms with E-state index >= 15 is 0 Å². The lowest BCUT2D eigenvalue weighted by atomic mass is 10.1. The number of nitrogens with two attached hydrogens (primary N) is 1. The molecule has 2 aromatic heterocycles. The molecule has 3 aromatic rings. The van der Waals surface area contributed by atoms with Crippen LogP contribution in [-0.2, 0) is 0 Å². The molecule has 0 aliphatic heterocycles. The standard InChI is InChI=1S/C14H14N4S/c1-8(2)19-14-17-7-10-5-9-6-16-4-3-11(9)12(15)13(10)18-14/h3-8H,15H2,1-2H3. The van der Waals surface area contributed by atoms with Gasteiger partial charge in [0.05, 0.1) is 11.2 Å². The molecule has 2 heterocycles. The van der Waals surface area contributed by atoms with Crippen LogP contribution >= 0.6 is 11.8 Å². The highest BCUT2D eigenvalue weighted by molar-refractivity contribution is 7.99. The second-order valence-corrected chi connectivity index (χ2v) is 6.19. The van der Waals surface area contributed by atoms with Crippen molar-refractivity contribution < 1.29 is 0 Å². The van der Waals surface area contributed by atoms with Crippen molar-refractivity contribution in [2.45, 2.75) is 24.3 Å². The van der Waals surface area contributed by atoms with Gasteiger partial charge in [-0.15, -0.1) is 0 Å². The maximum atomic E-state index is 6.23. The molecule has 0 bridgehead atoms. The van der Waals surface area contributed by atoms with Gasteiger partial charge in [-0.2, -0.15) is 0 Å². The van der Waals surface area contributed by atoms with Crippen LogP contribution in [0, 0.1) is 0 Å². The van der Waals surface area contributed by atoms with Gasteiger partial charge in [-0.25, -0.2) is 9.97 Å². The number of pyridine rings is 1. The summed E-state index contributed by atoms with van der Waals surface area (Å²) in [6.45, 7) is 4.24. The first-order valence-electron chi connectivity index (χ1n) is 6.11. The van der Waals surface area contributed by atoms with Gasteiger partial charge in [-0.3, -0.25) is 4.98 Å². The molecule has 0 amide bonds. The number of anilines is 1. The number of benzene rings is 1. The molecule has 0 aliphatic carbocycles. The van der Waals surface area contributed by atoms with Crippen LogP contribution in [0.4, 0.5) is 5.69 Å². The smallest absolute Gasteiger partial charge is 0.188 e. The molecule has 0 saturated heterocycles. The lowest BCUT2D eigenvalue weighted by Crippen LogP contribution is -1.97. The minimum absolute atomic E-state index is 0.448. The van der Waals surface area contributed by atoms with Gasteiger partial charge in [0, 0.05) is 40.0 Å². The predicted octanol–water partition coefficient (Wildman–Crippen LogP) is 3.26. The summed E-state index contributed by atoms with van der Waals surface area (Å²) in [5.74, 6) is 0. The van der Waals surface area contributed by atoms with E-state index in [-0.39, 0.29) is 0 Å². The molecule has 3 rings (SSSR count). The molecule has 96 valence electrons. The minimum atomic E-state index is 0.448. The van der Waals surface area contributed by atoms with Crippen molar-refractivity contribution in [1.29, 1.82) is 0 Å². The largest absolute Gasteiger partial charge is 0.396 e. The molecular formula is C14H14N4S. The molecule has 0 saturated carbocycles. The summed E-state index contributed by atoms with van der Waals surface area (Å²) in [6, 6.07) is 3.94. The fraction of sp³-hybridized carbons (Fsp3) is 0.214. The number of nitrogens with zero attached hydrogens (tertiary/aromatic N) is 3. The van der Waals surface area contributed by atoms with Crippen LogP contribution in [0.3, 0.4) is 0 Å². The fourth-order valence-electron chi connectivity index (χ4n) is 2.03. The maximum Gasteiger partial charge on any atom is 0.188 e. The Morgan fingerprint density at radius 2 is 2.05 bits per heavy atom. The Hall–Kier alpha value is -1.88. The summed E-state index contributed by atoms with van der Waals surface area (Å²) in [4.78, 5) is 13.1. The van der Waals surface area contributed by atoms with E-state index in [9.17, 15) is 0 Å². The van der Waals surface area contributed by atoms with Crippen LogP contribution in [0.2, 0.25) is 0 Å². The van der Waals surface area contributed by atoms with Crippen molar-refractivity contribution >= 4 is 39.1 Å². The van der Waals surface area contributed by atoms with Crippen LogP contribution in [0.5, 0.6) is 0 Å². The Labute approximate surface area is 115 Å². The molecule has 0 aliphatic rings. The number of hydrogen-bond donors (Lipinski definition) is 1. The Bertz CT molecular complexity index is 755. The second kappa shape index (κ2) is 4.66. The van der Waals surface area contributed by atoms with Gasteiger partial charge in [-0.05, 0) is 12.1 Å². The summed E-state index contributed by atoms with van der Waals surface area (Å²) in [6.07, 6.45) is 5.38. The molecule has 2 N–H and O–H groups in total. The number of thioether (sulfide) groups is 1. The van der Waals surface area contributed by atoms with E-state index in [0.29, 0.717) is 10.9 Å². The molecule has 0 spiro atoms. The third kappa shape index (κ3) is 2.21. The highest BCUT2D eigenvalue weighted by atomic mass is 32.2. The van der Waals surface area contributed by atoms with E-state index in [0.717, 1.165) is 26.8 Å². The monoisotopic (exact) mass is 270 g/mol. The normalized spacial score (nSPS) is 11.5. The van der Waals surface area contributed by atoms with Gasteiger partial charge < -0.3 is 5.73 Å². The zero-order valence-corrected chi connectivity index (χ0v) is 11.6. The van der Waals surface area contributed by atoms with Gasteiger partial charge in [0.25, 0.3) is 0 Å². The van der Waals surface area contributed by atoms with Crippen molar-refractivity contribution in [3.8, 4) is 0 Å². The highest BCUT2D eigenvalue weighted by Crippen LogP contribution is 2.30. The molecule has 5 heteroatoms. The summed E-state index contributed by atoms with van der Waals surface area (Å²) in [5.41, 5.74) is 7.74. The molecule has 0 fully saturated rings. The first-order chi connectivity index (χ1) is 9.15. The number of nitrogen functional groups attached to an aromatic ring is 1. The van der Waals surface area contributed by atoms with E-state index in [4.69, 9.17) is 5.73 Å². The van der Waals surface area contributed by atoms with E-state index < -0.39 is 0 Å². The molecule has 19 heavy (non-hydrogen) atoms. The molecule has 0 atom stereocenters. The van der Waals surface area contributed by atoms with Crippen molar-refractivity contribution in [3.63, 3.8) is 0 Å². The van der Waals surface area contributed by atoms with E-state index in [1.165, 1.54) is 0 Å². The Morgan fingerprint density at radius 1 is 1.21 bits per heavy atom. The SMILES string of the molecule is CC(C)Sc1ncc2cc3cnccc3c(N)c2n1. The van der Waals surface area contributed by atoms with Crippen molar-refractivity contribution in [1.82, 2.24) is 15.0 Å². The average Bonchev–Trinajstić information content (AvgIpc) is 2.39. The molecular weight excluding hydrogens is 256 g/mol. The first-order valence-corrected chi connectivity index (χ1v) is 6.98. The highest BCUT2D eigenvalue weighted by Gasteiger charge is 2.09. The molecule has 1 aromatic carbocycles. The second-order valence-electron chi connectivity index (χ2n) is 4.64. The maximum absolute atomic E-state index is 6.23. The minimum Gasteiger partial charge on any atom is -0.396 e. The summed E-state index contributed by atoms with van der Waals surface area (Å²) in [5, 5.41) is 4.17. The van der Waals surface area contributed by atoms with Crippen molar-refractivity contribution in [3.05, 3.63) is 30.7 Å². The topological polar surface area (TPSA) is 64.7 Å². The van der Waals surface area contributed by atoms with Crippen LogP contribution in [0.25, 0.3) is 21.7 Å². The van der Waals surface area contributed by atoms with Gasteiger partial charge in [0.1, 0.15) is 0 Å². The van der Waals surface area contributed by atoms with Crippen LogP contribution in [0.15, 0.2) is 35.9 Å². The summed E-state index contributed by atoms with van der Waals surface area (Å²) >= 11 is 1.64. The van der Waals surface area contributed by atoms with Gasteiger partial charge in [0.2, 0.25) is 0 Å². The number of fused-ring (bicyclic) bond motifs is 2. The lowest BCUT2D eigenvalue weighted by Gasteiger charge is -2.08. The van der Waals surface area contributed by atoms with E-state index in [2.05, 4.69) is 28.8 Å². The van der Waals surface area contributed by atoms with Gasteiger partial charge in [0.15, 0.2) is 5.16 Å². The molecule has 0 unspecified atom stereocenters. The van der Waals surface area contributed by atoms with E-state index in [1.54, 1.807) is 18.0 Å². The number of aromatic nitrogens is 3. The summed E-state index contributed by atoms with van der Waals surface area (Å²) in [7, 11) is 0. The average molecular weight is 270 g/mol. The Morgan fingerprint density at radius 3 is 2.84 bits per heavy atom. The van der Waals surface area contributed by atoms with Crippen LogP contribution in [-0.4, -0.2) is 20.2 Å². The molecule has 0 radical (unpaired) electrons. The summed E-state index contributed by atoms with van der Waals surface area (Å²) < 4.78 is 0. The first kappa shape index (κ1) is 12.2. The van der Waals surface area contributed by atoms with Gasteiger partial charge >= 0.3 is 0 Å². The van der Waals surface area contributed by atoms with Gasteiger partial charge in [-0.1, -0.05) is 25.6 Å². The molecule has 4 nitrogen and oxygen atoms in total. The quantitative estimate of drug-likeness (QED) is 0.335. The van der Waals surface area contributed by atoms with Crippen LogP contribution < -0.4 is 5.73 Å². The lowest BCUT2D eigenvalue weighted by molar-refractivity contribution is 0.986. The van der Waals surface area contributed by atoms with Crippen molar-refractivity contribution in [2.75, 3.05) is 5.73 Å². The number of hydrogen-bond acceptors (Lipinski definition) is 5. The van der Waals surface area contributed by atoms with E-state index in [1.807, 2.05) is 24.5 Å². The zero-order chi connectivity index (χ0) is 13.4.